The molecule has 0 amide bonds. The zero-order valence-corrected chi connectivity index (χ0v) is 14.5. The number of hydrogen-bond acceptors (Lipinski definition) is 3. The van der Waals surface area contributed by atoms with E-state index in [1.165, 1.54) is 16.7 Å². The van der Waals surface area contributed by atoms with Gasteiger partial charge in [0, 0.05) is 11.3 Å². The highest BCUT2D eigenvalue weighted by Crippen LogP contribution is 2.33. The standard InChI is InChI=1S/C20H23NOS/c1-21(2)19-13-17-12-18(22)9-8-16(17)14-20(19)23-11-10-15-6-4-3-5-7-15/h3-12,19-20,22H,13-14H2,1-2H3. The van der Waals surface area contributed by atoms with Crippen molar-refractivity contribution in [1.29, 1.82) is 0 Å². The molecule has 2 atom stereocenters. The van der Waals surface area contributed by atoms with Gasteiger partial charge < -0.3 is 10.0 Å². The molecule has 0 fully saturated rings. The van der Waals surface area contributed by atoms with Crippen LogP contribution in [0.5, 0.6) is 5.75 Å². The van der Waals surface area contributed by atoms with Gasteiger partial charge in [0.1, 0.15) is 5.75 Å². The van der Waals surface area contributed by atoms with Crippen molar-refractivity contribution in [3.8, 4) is 5.75 Å². The van der Waals surface area contributed by atoms with Gasteiger partial charge in [0.2, 0.25) is 0 Å². The Balaban J connectivity index is 1.74. The normalized spacial score (nSPS) is 20.8. The first-order chi connectivity index (χ1) is 11.1. The summed E-state index contributed by atoms with van der Waals surface area (Å²) in [5.41, 5.74) is 3.89. The van der Waals surface area contributed by atoms with Crippen molar-refractivity contribution >= 4 is 17.8 Å². The fourth-order valence-electron chi connectivity index (χ4n) is 3.15. The lowest BCUT2D eigenvalue weighted by Crippen LogP contribution is -2.42. The van der Waals surface area contributed by atoms with Crippen LogP contribution < -0.4 is 0 Å². The van der Waals surface area contributed by atoms with Crippen LogP contribution in [0.3, 0.4) is 0 Å². The van der Waals surface area contributed by atoms with E-state index in [0.717, 1.165) is 12.8 Å². The number of rotatable bonds is 4. The molecule has 0 aliphatic heterocycles. The van der Waals surface area contributed by atoms with E-state index in [9.17, 15) is 5.11 Å². The fraction of sp³-hybridized carbons (Fsp3) is 0.300. The summed E-state index contributed by atoms with van der Waals surface area (Å²) < 4.78 is 0. The minimum Gasteiger partial charge on any atom is -0.508 e. The summed E-state index contributed by atoms with van der Waals surface area (Å²) in [6.07, 6.45) is 4.22. The van der Waals surface area contributed by atoms with E-state index < -0.39 is 0 Å². The molecule has 120 valence electrons. The van der Waals surface area contributed by atoms with E-state index in [-0.39, 0.29) is 0 Å². The Hall–Kier alpha value is -1.71. The van der Waals surface area contributed by atoms with Gasteiger partial charge in [-0.3, -0.25) is 0 Å². The molecule has 2 unspecified atom stereocenters. The van der Waals surface area contributed by atoms with E-state index in [0.29, 0.717) is 17.0 Å². The van der Waals surface area contributed by atoms with Gasteiger partial charge in [0.25, 0.3) is 0 Å². The molecule has 3 rings (SSSR count). The molecule has 1 N–H and O–H groups in total. The SMILES string of the molecule is CN(C)C1Cc2cc(O)ccc2CC1SC=Cc1ccccc1. The van der Waals surface area contributed by atoms with E-state index in [2.05, 4.69) is 60.8 Å². The van der Waals surface area contributed by atoms with Crippen LogP contribution >= 0.6 is 11.8 Å². The molecule has 2 aromatic rings. The Labute approximate surface area is 142 Å². The maximum absolute atomic E-state index is 9.72. The van der Waals surface area contributed by atoms with Crippen LogP contribution in [0.4, 0.5) is 0 Å². The first-order valence-corrected chi connectivity index (χ1v) is 8.92. The van der Waals surface area contributed by atoms with Crippen LogP contribution in [0.1, 0.15) is 16.7 Å². The summed E-state index contributed by atoms with van der Waals surface area (Å²) in [7, 11) is 4.29. The number of likely N-dealkylation sites (N-methyl/N-ethyl adjacent to an activating group) is 1. The Kier molecular flexibility index (Phi) is 5.09. The molecular formula is C20H23NOS. The Morgan fingerprint density at radius 1 is 1.04 bits per heavy atom. The molecule has 2 aromatic carbocycles. The van der Waals surface area contributed by atoms with Crippen LogP contribution in [-0.4, -0.2) is 35.4 Å². The molecule has 0 spiro atoms. The number of aromatic hydroxyl groups is 1. The van der Waals surface area contributed by atoms with Gasteiger partial charge in [-0.2, -0.15) is 0 Å². The lowest BCUT2D eigenvalue weighted by Gasteiger charge is -2.36. The van der Waals surface area contributed by atoms with Crippen molar-refractivity contribution in [3.05, 3.63) is 70.6 Å². The molecule has 0 aromatic heterocycles. The minimum absolute atomic E-state index is 0.372. The van der Waals surface area contributed by atoms with E-state index in [4.69, 9.17) is 0 Å². The average molecular weight is 325 g/mol. The average Bonchev–Trinajstić information content (AvgIpc) is 2.55. The number of benzene rings is 2. The second-order valence-corrected chi connectivity index (χ2v) is 7.43. The fourth-order valence-corrected chi connectivity index (χ4v) is 4.38. The van der Waals surface area contributed by atoms with Crippen molar-refractivity contribution in [2.75, 3.05) is 14.1 Å². The molecule has 1 aliphatic carbocycles. The Morgan fingerprint density at radius 3 is 2.57 bits per heavy atom. The number of phenolic OH excluding ortho intramolecular Hbond substituents is 1. The molecule has 3 heteroatoms. The van der Waals surface area contributed by atoms with Crippen LogP contribution in [-0.2, 0) is 12.8 Å². The van der Waals surface area contributed by atoms with Crippen LogP contribution in [0.25, 0.3) is 6.08 Å². The third kappa shape index (κ3) is 3.98. The highest BCUT2D eigenvalue weighted by atomic mass is 32.2. The summed E-state index contributed by atoms with van der Waals surface area (Å²) in [5, 5.41) is 12.5. The van der Waals surface area contributed by atoms with Crippen molar-refractivity contribution < 1.29 is 5.11 Å². The second kappa shape index (κ2) is 7.24. The quantitative estimate of drug-likeness (QED) is 0.911. The Bertz CT molecular complexity index is 681. The predicted octanol–water partition coefficient (Wildman–Crippen LogP) is 4.19. The van der Waals surface area contributed by atoms with E-state index in [1.54, 1.807) is 6.07 Å². The van der Waals surface area contributed by atoms with E-state index in [1.807, 2.05) is 23.9 Å². The molecule has 0 bridgehead atoms. The lowest BCUT2D eigenvalue weighted by atomic mass is 9.87. The van der Waals surface area contributed by atoms with Gasteiger partial charge in [0.05, 0.1) is 0 Å². The van der Waals surface area contributed by atoms with Crippen LogP contribution in [0.2, 0.25) is 0 Å². The van der Waals surface area contributed by atoms with Crippen molar-refractivity contribution in [3.63, 3.8) is 0 Å². The second-order valence-electron chi connectivity index (χ2n) is 6.28. The summed E-state index contributed by atoms with van der Waals surface area (Å²) >= 11 is 1.91. The minimum atomic E-state index is 0.372. The van der Waals surface area contributed by atoms with Gasteiger partial charge in [0.15, 0.2) is 0 Å². The highest BCUT2D eigenvalue weighted by Gasteiger charge is 2.29. The number of fused-ring (bicyclic) bond motifs is 1. The molecule has 0 saturated carbocycles. The topological polar surface area (TPSA) is 23.5 Å². The number of phenols is 1. The zero-order chi connectivity index (χ0) is 16.2. The molecule has 23 heavy (non-hydrogen) atoms. The molecule has 0 radical (unpaired) electrons. The van der Waals surface area contributed by atoms with Crippen molar-refractivity contribution in [2.45, 2.75) is 24.1 Å². The molecule has 0 heterocycles. The molecule has 2 nitrogen and oxygen atoms in total. The van der Waals surface area contributed by atoms with Crippen LogP contribution in [0.15, 0.2) is 53.9 Å². The molecule has 0 saturated heterocycles. The summed E-state index contributed by atoms with van der Waals surface area (Å²) in [4.78, 5) is 2.31. The summed E-state index contributed by atoms with van der Waals surface area (Å²) in [5.74, 6) is 0.372. The predicted molar refractivity (Wildman–Crippen MR) is 99.8 cm³/mol. The molecule has 1 aliphatic rings. The van der Waals surface area contributed by atoms with E-state index >= 15 is 0 Å². The first kappa shape index (κ1) is 16.2. The highest BCUT2D eigenvalue weighted by molar-refractivity contribution is 8.02. The smallest absolute Gasteiger partial charge is 0.115 e. The Morgan fingerprint density at radius 2 is 1.83 bits per heavy atom. The first-order valence-electron chi connectivity index (χ1n) is 7.98. The van der Waals surface area contributed by atoms with Gasteiger partial charge in [-0.05, 0) is 67.2 Å². The molecular weight excluding hydrogens is 302 g/mol. The monoisotopic (exact) mass is 325 g/mol. The third-order valence-electron chi connectivity index (χ3n) is 4.45. The zero-order valence-electron chi connectivity index (χ0n) is 13.6. The third-order valence-corrected chi connectivity index (χ3v) is 5.57. The van der Waals surface area contributed by atoms with Gasteiger partial charge in [-0.25, -0.2) is 0 Å². The van der Waals surface area contributed by atoms with Crippen molar-refractivity contribution in [1.82, 2.24) is 4.90 Å². The van der Waals surface area contributed by atoms with Gasteiger partial charge >= 0.3 is 0 Å². The maximum Gasteiger partial charge on any atom is 0.115 e. The lowest BCUT2D eigenvalue weighted by molar-refractivity contribution is 0.275. The maximum atomic E-state index is 9.72. The number of nitrogens with zero attached hydrogens (tertiary/aromatic N) is 1. The number of hydrogen-bond donors (Lipinski definition) is 1. The largest absolute Gasteiger partial charge is 0.508 e. The van der Waals surface area contributed by atoms with Crippen molar-refractivity contribution in [2.24, 2.45) is 0 Å². The summed E-state index contributed by atoms with van der Waals surface area (Å²) in [6.45, 7) is 0. The van der Waals surface area contributed by atoms with Gasteiger partial charge in [-0.15, -0.1) is 11.8 Å². The summed E-state index contributed by atoms with van der Waals surface area (Å²) in [6, 6.07) is 16.7. The number of thioether (sulfide) groups is 1. The van der Waals surface area contributed by atoms with Gasteiger partial charge in [-0.1, -0.05) is 36.4 Å². The van der Waals surface area contributed by atoms with Crippen LogP contribution in [0, 0.1) is 0 Å².